The van der Waals surface area contributed by atoms with E-state index >= 15 is 0 Å². The molecule has 0 aliphatic rings. The predicted octanol–water partition coefficient (Wildman–Crippen LogP) is 2.08. The molecule has 0 amide bonds. The first-order valence-electron chi connectivity index (χ1n) is 4.83. The zero-order chi connectivity index (χ0) is 11.4. The monoisotopic (exact) mass is 233 g/mol. The standard InChI is InChI=1S/C11H11N3OS/c1-8(15)10-3-2-9(6-14-10)16-11-7-12-4-5-13-11/h2-8,15H,1H3/t8-/m1/s1. The molecule has 0 fully saturated rings. The highest BCUT2D eigenvalue weighted by Gasteiger charge is 2.03. The summed E-state index contributed by atoms with van der Waals surface area (Å²) in [6, 6.07) is 3.72. The van der Waals surface area contributed by atoms with E-state index in [0.717, 1.165) is 9.92 Å². The second-order valence-electron chi connectivity index (χ2n) is 3.24. The number of hydrogen-bond donors (Lipinski definition) is 1. The lowest BCUT2D eigenvalue weighted by Gasteiger charge is -2.04. The van der Waals surface area contributed by atoms with Crippen LogP contribution in [0, 0.1) is 0 Å². The maximum absolute atomic E-state index is 9.31. The van der Waals surface area contributed by atoms with Gasteiger partial charge in [0.15, 0.2) is 0 Å². The van der Waals surface area contributed by atoms with Crippen LogP contribution in [0.3, 0.4) is 0 Å². The van der Waals surface area contributed by atoms with E-state index in [2.05, 4.69) is 15.0 Å². The minimum absolute atomic E-state index is 0.532. The van der Waals surface area contributed by atoms with Crippen LogP contribution in [0.5, 0.6) is 0 Å². The van der Waals surface area contributed by atoms with Gasteiger partial charge in [-0.05, 0) is 19.1 Å². The van der Waals surface area contributed by atoms with E-state index in [9.17, 15) is 5.11 Å². The third-order valence-corrected chi connectivity index (χ3v) is 2.85. The summed E-state index contributed by atoms with van der Waals surface area (Å²) in [6.07, 6.45) is 6.18. The van der Waals surface area contributed by atoms with Crippen LogP contribution in [-0.2, 0) is 0 Å². The number of aliphatic hydroxyl groups is 1. The van der Waals surface area contributed by atoms with Crippen molar-refractivity contribution in [2.75, 3.05) is 0 Å². The summed E-state index contributed by atoms with van der Waals surface area (Å²) in [7, 11) is 0. The zero-order valence-corrected chi connectivity index (χ0v) is 9.56. The zero-order valence-electron chi connectivity index (χ0n) is 8.74. The van der Waals surface area contributed by atoms with Gasteiger partial charge in [0.25, 0.3) is 0 Å². The van der Waals surface area contributed by atoms with E-state index in [-0.39, 0.29) is 0 Å². The summed E-state index contributed by atoms with van der Waals surface area (Å²) < 4.78 is 0. The van der Waals surface area contributed by atoms with Crippen LogP contribution in [0.15, 0.2) is 46.8 Å². The molecule has 0 aromatic carbocycles. The van der Waals surface area contributed by atoms with E-state index in [4.69, 9.17) is 0 Å². The highest BCUT2D eigenvalue weighted by Crippen LogP contribution is 2.24. The number of aliphatic hydroxyl groups excluding tert-OH is 1. The summed E-state index contributed by atoms with van der Waals surface area (Å²) in [5.41, 5.74) is 0.670. The Bertz CT molecular complexity index is 445. The van der Waals surface area contributed by atoms with Gasteiger partial charge in [0.2, 0.25) is 0 Å². The van der Waals surface area contributed by atoms with E-state index in [1.807, 2.05) is 12.1 Å². The van der Waals surface area contributed by atoms with Gasteiger partial charge in [0.05, 0.1) is 18.0 Å². The van der Waals surface area contributed by atoms with E-state index in [0.29, 0.717) is 5.69 Å². The summed E-state index contributed by atoms with van der Waals surface area (Å²) in [5.74, 6) is 0. The minimum Gasteiger partial charge on any atom is -0.387 e. The SMILES string of the molecule is C[C@@H](O)c1ccc(Sc2cnccn2)cn1. The fourth-order valence-corrected chi connectivity index (χ4v) is 1.87. The fraction of sp³-hybridized carbons (Fsp3) is 0.182. The molecule has 0 unspecified atom stereocenters. The van der Waals surface area contributed by atoms with Crippen LogP contribution in [0.25, 0.3) is 0 Å². The minimum atomic E-state index is -0.532. The summed E-state index contributed by atoms with van der Waals surface area (Å²) >= 11 is 1.49. The normalized spacial score (nSPS) is 12.4. The first kappa shape index (κ1) is 11.0. The van der Waals surface area contributed by atoms with E-state index < -0.39 is 6.10 Å². The molecule has 0 bridgehead atoms. The number of nitrogens with zero attached hydrogens (tertiary/aromatic N) is 3. The second kappa shape index (κ2) is 5.05. The van der Waals surface area contributed by atoms with Gasteiger partial charge in [0, 0.05) is 23.5 Å². The van der Waals surface area contributed by atoms with Crippen molar-refractivity contribution in [2.24, 2.45) is 0 Å². The Labute approximate surface area is 97.8 Å². The summed E-state index contributed by atoms with van der Waals surface area (Å²) in [6.45, 7) is 1.69. The summed E-state index contributed by atoms with van der Waals surface area (Å²) in [4.78, 5) is 13.3. The Morgan fingerprint density at radius 1 is 1.19 bits per heavy atom. The van der Waals surface area contributed by atoms with Gasteiger partial charge in [-0.2, -0.15) is 0 Å². The maximum Gasteiger partial charge on any atom is 0.119 e. The smallest absolute Gasteiger partial charge is 0.119 e. The molecule has 2 heterocycles. The van der Waals surface area contributed by atoms with E-state index in [1.165, 1.54) is 11.8 Å². The molecule has 0 aliphatic carbocycles. The first-order valence-corrected chi connectivity index (χ1v) is 5.65. The molecule has 0 saturated heterocycles. The van der Waals surface area contributed by atoms with Gasteiger partial charge in [-0.25, -0.2) is 4.98 Å². The Balaban J connectivity index is 2.11. The molecule has 16 heavy (non-hydrogen) atoms. The van der Waals surface area contributed by atoms with Gasteiger partial charge in [0.1, 0.15) is 5.03 Å². The highest BCUT2D eigenvalue weighted by atomic mass is 32.2. The average Bonchev–Trinajstić information content (AvgIpc) is 2.31. The molecular weight excluding hydrogens is 222 g/mol. The lowest BCUT2D eigenvalue weighted by molar-refractivity contribution is 0.194. The third-order valence-electron chi connectivity index (χ3n) is 1.95. The first-order chi connectivity index (χ1) is 7.75. The Hall–Kier alpha value is -1.46. The van der Waals surface area contributed by atoms with Crippen molar-refractivity contribution in [1.29, 1.82) is 0 Å². The van der Waals surface area contributed by atoms with Crippen molar-refractivity contribution >= 4 is 11.8 Å². The number of hydrogen-bond acceptors (Lipinski definition) is 5. The molecular formula is C11H11N3OS. The summed E-state index contributed by atoms with van der Waals surface area (Å²) in [5, 5.41) is 10.1. The largest absolute Gasteiger partial charge is 0.387 e. The van der Waals surface area contributed by atoms with Gasteiger partial charge in [-0.1, -0.05) is 11.8 Å². The lowest BCUT2D eigenvalue weighted by Crippen LogP contribution is -1.94. The molecule has 0 aliphatic heterocycles. The average molecular weight is 233 g/mol. The molecule has 0 spiro atoms. The Morgan fingerprint density at radius 2 is 2.06 bits per heavy atom. The third kappa shape index (κ3) is 2.77. The molecule has 82 valence electrons. The van der Waals surface area contributed by atoms with Crippen molar-refractivity contribution in [3.05, 3.63) is 42.6 Å². The molecule has 5 heteroatoms. The Kier molecular flexibility index (Phi) is 3.48. The molecule has 2 aromatic rings. The van der Waals surface area contributed by atoms with Crippen molar-refractivity contribution in [3.8, 4) is 0 Å². The predicted molar refractivity (Wildman–Crippen MR) is 61.0 cm³/mol. The molecule has 1 atom stereocenters. The number of pyridine rings is 1. The van der Waals surface area contributed by atoms with Crippen molar-refractivity contribution < 1.29 is 5.11 Å². The Morgan fingerprint density at radius 3 is 2.62 bits per heavy atom. The quantitative estimate of drug-likeness (QED) is 0.879. The van der Waals surface area contributed by atoms with Crippen LogP contribution >= 0.6 is 11.8 Å². The molecule has 2 rings (SSSR count). The van der Waals surface area contributed by atoms with Crippen molar-refractivity contribution in [1.82, 2.24) is 15.0 Å². The molecule has 4 nitrogen and oxygen atoms in total. The van der Waals surface area contributed by atoms with Crippen LogP contribution in [0.4, 0.5) is 0 Å². The van der Waals surface area contributed by atoms with Gasteiger partial charge in [-0.3, -0.25) is 9.97 Å². The molecule has 1 N–H and O–H groups in total. The molecule has 2 aromatic heterocycles. The number of aromatic nitrogens is 3. The molecule has 0 radical (unpaired) electrons. The lowest BCUT2D eigenvalue weighted by atomic mass is 10.2. The van der Waals surface area contributed by atoms with Crippen LogP contribution < -0.4 is 0 Å². The van der Waals surface area contributed by atoms with Gasteiger partial charge < -0.3 is 5.11 Å². The topological polar surface area (TPSA) is 58.9 Å². The van der Waals surface area contributed by atoms with Gasteiger partial charge >= 0.3 is 0 Å². The second-order valence-corrected chi connectivity index (χ2v) is 4.33. The van der Waals surface area contributed by atoms with E-state index in [1.54, 1.807) is 31.7 Å². The molecule has 0 saturated carbocycles. The van der Waals surface area contributed by atoms with Crippen LogP contribution in [0.1, 0.15) is 18.7 Å². The van der Waals surface area contributed by atoms with Crippen LogP contribution in [0.2, 0.25) is 0 Å². The van der Waals surface area contributed by atoms with Crippen LogP contribution in [-0.4, -0.2) is 20.1 Å². The van der Waals surface area contributed by atoms with Crippen molar-refractivity contribution in [2.45, 2.75) is 22.9 Å². The number of rotatable bonds is 3. The maximum atomic E-state index is 9.31. The highest BCUT2D eigenvalue weighted by molar-refractivity contribution is 7.99. The van der Waals surface area contributed by atoms with Crippen molar-refractivity contribution in [3.63, 3.8) is 0 Å². The fourth-order valence-electron chi connectivity index (χ4n) is 1.16. The van der Waals surface area contributed by atoms with Gasteiger partial charge in [-0.15, -0.1) is 0 Å².